The molecule has 0 aliphatic heterocycles. The fourth-order valence-electron chi connectivity index (χ4n) is 3.72. The maximum Gasteiger partial charge on any atom is 0.247 e. The summed E-state index contributed by atoms with van der Waals surface area (Å²) in [6, 6.07) is 13.5. The van der Waals surface area contributed by atoms with Gasteiger partial charge in [0.15, 0.2) is 5.82 Å². The molecule has 10 heteroatoms. The van der Waals surface area contributed by atoms with Crippen LogP contribution in [0.1, 0.15) is 0 Å². The van der Waals surface area contributed by atoms with E-state index in [1.807, 2.05) is 57.5 Å². The van der Waals surface area contributed by atoms with E-state index in [2.05, 4.69) is 46.9 Å². The quantitative estimate of drug-likeness (QED) is 0.314. The van der Waals surface area contributed by atoms with Gasteiger partial charge in [-0.15, -0.1) is 0 Å². The van der Waals surface area contributed by atoms with E-state index in [1.54, 1.807) is 19.4 Å². The van der Waals surface area contributed by atoms with Crippen LogP contribution < -0.4 is 20.3 Å². The van der Waals surface area contributed by atoms with Gasteiger partial charge < -0.3 is 25.2 Å². The third-order valence-electron chi connectivity index (χ3n) is 5.72. The largest absolute Gasteiger partial charge is 0.494 e. The molecule has 4 aromatic rings. The number of carbonyl (C=O) groups is 1. The molecule has 0 spiro atoms. The molecule has 0 saturated heterocycles. The Labute approximate surface area is 216 Å². The molecule has 0 atom stereocenters. The molecule has 190 valence electrons. The van der Waals surface area contributed by atoms with Crippen LogP contribution in [-0.4, -0.2) is 72.1 Å². The number of ether oxygens (including phenoxy) is 1. The minimum Gasteiger partial charge on any atom is -0.494 e. The van der Waals surface area contributed by atoms with Crippen molar-refractivity contribution in [1.29, 1.82) is 0 Å². The Kier molecular flexibility index (Phi) is 7.89. The molecule has 0 unspecified atom stereocenters. The van der Waals surface area contributed by atoms with Gasteiger partial charge in [-0.1, -0.05) is 24.8 Å². The molecule has 0 aliphatic carbocycles. The molecular formula is C27H30N8O2. The molecule has 10 nitrogen and oxygen atoms in total. The van der Waals surface area contributed by atoms with E-state index < -0.39 is 0 Å². The summed E-state index contributed by atoms with van der Waals surface area (Å²) in [5, 5.41) is 7.09. The summed E-state index contributed by atoms with van der Waals surface area (Å²) in [7, 11) is 7.58. The first-order valence-electron chi connectivity index (χ1n) is 11.7. The highest BCUT2D eigenvalue weighted by Gasteiger charge is 2.17. The SMILES string of the molecule is C=CC(=O)Nc1cc(Nc2ncnc(-c3cnc4ccccc4c3)n2)c(OC)cc1N(C)CCN(C)C. The number of hydrogen-bond donors (Lipinski definition) is 2. The molecule has 0 fully saturated rings. The van der Waals surface area contributed by atoms with Gasteiger partial charge in [0.2, 0.25) is 11.9 Å². The number of para-hydroxylation sites is 1. The first kappa shape index (κ1) is 25.5. The summed E-state index contributed by atoms with van der Waals surface area (Å²) >= 11 is 0. The van der Waals surface area contributed by atoms with Crippen LogP contribution in [0.2, 0.25) is 0 Å². The predicted octanol–water partition coefficient (Wildman–Crippen LogP) is 3.96. The van der Waals surface area contributed by atoms with Crippen LogP contribution in [0.4, 0.5) is 23.0 Å². The summed E-state index contributed by atoms with van der Waals surface area (Å²) in [5.74, 6) is 1.06. The van der Waals surface area contributed by atoms with E-state index in [0.717, 1.165) is 35.2 Å². The van der Waals surface area contributed by atoms with Crippen LogP contribution in [0, 0.1) is 0 Å². The summed E-state index contributed by atoms with van der Waals surface area (Å²) < 4.78 is 5.67. The Balaban J connectivity index is 1.67. The second-order valence-electron chi connectivity index (χ2n) is 8.66. The van der Waals surface area contributed by atoms with Crippen molar-refractivity contribution in [3.8, 4) is 17.1 Å². The summed E-state index contributed by atoms with van der Waals surface area (Å²) in [6.07, 6.45) is 4.41. The average molecular weight is 499 g/mol. The molecular weight excluding hydrogens is 468 g/mol. The van der Waals surface area contributed by atoms with Crippen molar-refractivity contribution in [2.45, 2.75) is 0 Å². The third kappa shape index (κ3) is 6.17. The molecule has 37 heavy (non-hydrogen) atoms. The van der Waals surface area contributed by atoms with Crippen LogP contribution in [0.15, 0.2) is 67.6 Å². The zero-order valence-electron chi connectivity index (χ0n) is 21.4. The molecule has 2 N–H and O–H groups in total. The predicted molar refractivity (Wildman–Crippen MR) is 147 cm³/mol. The Morgan fingerprint density at radius 3 is 2.62 bits per heavy atom. The highest BCUT2D eigenvalue weighted by molar-refractivity contribution is 6.02. The number of benzene rings is 2. The Hall–Kier alpha value is -4.57. The molecule has 0 radical (unpaired) electrons. The van der Waals surface area contributed by atoms with Crippen molar-refractivity contribution in [1.82, 2.24) is 24.8 Å². The van der Waals surface area contributed by atoms with E-state index in [4.69, 9.17) is 4.74 Å². The highest BCUT2D eigenvalue weighted by atomic mass is 16.5. The van der Waals surface area contributed by atoms with Crippen molar-refractivity contribution in [3.63, 3.8) is 0 Å². The Morgan fingerprint density at radius 2 is 1.86 bits per heavy atom. The number of aromatic nitrogens is 4. The number of amides is 1. The van der Waals surface area contributed by atoms with Crippen LogP contribution in [0.5, 0.6) is 5.75 Å². The lowest BCUT2D eigenvalue weighted by atomic mass is 10.1. The van der Waals surface area contributed by atoms with Gasteiger partial charge in [-0.25, -0.2) is 9.97 Å². The number of fused-ring (bicyclic) bond motifs is 1. The molecule has 2 aromatic heterocycles. The monoisotopic (exact) mass is 498 g/mol. The topological polar surface area (TPSA) is 108 Å². The number of pyridine rings is 1. The maximum absolute atomic E-state index is 12.2. The van der Waals surface area contributed by atoms with Crippen LogP contribution in [-0.2, 0) is 4.79 Å². The van der Waals surface area contributed by atoms with Crippen molar-refractivity contribution in [2.75, 3.05) is 56.9 Å². The van der Waals surface area contributed by atoms with Crippen molar-refractivity contribution < 1.29 is 9.53 Å². The van der Waals surface area contributed by atoms with E-state index >= 15 is 0 Å². The number of nitrogens with one attached hydrogen (secondary N) is 2. The van der Waals surface area contributed by atoms with Gasteiger partial charge >= 0.3 is 0 Å². The van der Waals surface area contributed by atoms with E-state index in [-0.39, 0.29) is 5.91 Å². The lowest BCUT2D eigenvalue weighted by Gasteiger charge is -2.25. The van der Waals surface area contributed by atoms with E-state index in [9.17, 15) is 4.79 Å². The minimum absolute atomic E-state index is 0.315. The third-order valence-corrected chi connectivity index (χ3v) is 5.72. The fraction of sp³-hybridized carbons (Fsp3) is 0.222. The molecule has 0 aliphatic rings. The molecule has 0 bridgehead atoms. The maximum atomic E-state index is 12.2. The summed E-state index contributed by atoms with van der Waals surface area (Å²) in [6.45, 7) is 5.15. The number of rotatable bonds is 10. The second kappa shape index (κ2) is 11.4. The minimum atomic E-state index is -0.315. The normalized spacial score (nSPS) is 10.8. The first-order chi connectivity index (χ1) is 17.9. The van der Waals surface area contributed by atoms with Crippen molar-refractivity contribution >= 4 is 39.8 Å². The van der Waals surface area contributed by atoms with Crippen molar-refractivity contribution in [2.24, 2.45) is 0 Å². The number of anilines is 4. The van der Waals surface area contributed by atoms with Gasteiger partial charge in [0, 0.05) is 43.4 Å². The second-order valence-corrected chi connectivity index (χ2v) is 8.66. The standard InChI is InChI=1S/C27H30N8O2/c1-6-25(36)31-21-14-22(24(37-5)15-23(21)35(4)12-11-34(2)3)32-27-30-17-29-26(33-27)19-13-18-9-7-8-10-20(18)28-16-19/h6-10,13-17H,1,11-12H2,2-5H3,(H,31,36)(H,29,30,32,33). The number of nitrogens with zero attached hydrogens (tertiary/aromatic N) is 6. The molecule has 1 amide bonds. The smallest absolute Gasteiger partial charge is 0.247 e. The number of likely N-dealkylation sites (N-methyl/N-ethyl adjacent to an activating group) is 2. The summed E-state index contributed by atoms with van der Waals surface area (Å²) in [5.41, 5.74) is 3.65. The van der Waals surface area contributed by atoms with Gasteiger partial charge in [0.1, 0.15) is 12.1 Å². The number of methoxy groups -OCH3 is 1. The first-order valence-corrected chi connectivity index (χ1v) is 11.7. The fourth-order valence-corrected chi connectivity index (χ4v) is 3.72. The van der Waals surface area contributed by atoms with E-state index in [1.165, 1.54) is 12.4 Å². The van der Waals surface area contributed by atoms with Gasteiger partial charge in [-0.2, -0.15) is 4.98 Å². The zero-order valence-corrected chi connectivity index (χ0v) is 21.4. The van der Waals surface area contributed by atoms with Gasteiger partial charge in [-0.05, 0) is 38.4 Å². The average Bonchev–Trinajstić information content (AvgIpc) is 2.91. The Bertz CT molecular complexity index is 1420. The highest BCUT2D eigenvalue weighted by Crippen LogP contribution is 2.38. The number of carbonyl (C=O) groups excluding carboxylic acids is 1. The molecule has 2 aromatic carbocycles. The van der Waals surface area contributed by atoms with Gasteiger partial charge in [0.05, 0.1) is 29.7 Å². The van der Waals surface area contributed by atoms with Crippen LogP contribution in [0.3, 0.4) is 0 Å². The van der Waals surface area contributed by atoms with Crippen molar-refractivity contribution in [3.05, 3.63) is 67.6 Å². The van der Waals surface area contributed by atoms with Crippen LogP contribution >= 0.6 is 0 Å². The lowest BCUT2D eigenvalue weighted by molar-refractivity contribution is -0.111. The molecule has 4 rings (SSSR count). The molecule has 0 saturated carbocycles. The number of hydrogen-bond acceptors (Lipinski definition) is 9. The summed E-state index contributed by atoms with van der Waals surface area (Å²) in [4.78, 5) is 34.0. The van der Waals surface area contributed by atoms with Gasteiger partial charge in [0.25, 0.3) is 0 Å². The Morgan fingerprint density at radius 1 is 1.05 bits per heavy atom. The molecule has 2 heterocycles. The van der Waals surface area contributed by atoms with Gasteiger partial charge in [-0.3, -0.25) is 9.78 Å². The lowest BCUT2D eigenvalue weighted by Crippen LogP contribution is -2.29. The van der Waals surface area contributed by atoms with E-state index in [0.29, 0.717) is 28.9 Å². The van der Waals surface area contributed by atoms with Crippen LogP contribution in [0.25, 0.3) is 22.3 Å². The zero-order chi connectivity index (χ0) is 26.4.